The standard InChI is InChI=1S/C26H23NO4/c1-3-15-30-20-13-11-19(12-14-20)25(28)22(17-18-7-6-8-21(16-18)29-2)26-27-23-9-4-5-10-24(23)31-26/h4-14,16-17H,3,15H2,1-2H3. The van der Waals surface area contributed by atoms with E-state index >= 15 is 0 Å². The minimum atomic E-state index is -0.184. The van der Waals surface area contributed by atoms with Crippen molar-refractivity contribution in [2.24, 2.45) is 0 Å². The molecule has 0 amide bonds. The van der Waals surface area contributed by atoms with Crippen LogP contribution in [0.1, 0.15) is 35.2 Å². The number of hydrogen-bond acceptors (Lipinski definition) is 5. The number of carbonyl (C=O) groups is 1. The lowest BCUT2D eigenvalue weighted by Gasteiger charge is -2.07. The number of benzene rings is 3. The van der Waals surface area contributed by atoms with Crippen molar-refractivity contribution in [2.75, 3.05) is 13.7 Å². The lowest BCUT2D eigenvalue weighted by atomic mass is 10.0. The van der Waals surface area contributed by atoms with Gasteiger partial charge in [0.25, 0.3) is 0 Å². The number of allylic oxidation sites excluding steroid dienone is 1. The molecule has 5 heteroatoms. The maximum Gasteiger partial charge on any atom is 0.231 e. The number of aromatic nitrogens is 1. The van der Waals surface area contributed by atoms with Gasteiger partial charge in [0, 0.05) is 5.56 Å². The van der Waals surface area contributed by atoms with Crippen LogP contribution in [0.25, 0.3) is 22.7 Å². The normalized spacial score (nSPS) is 11.5. The van der Waals surface area contributed by atoms with Crippen molar-refractivity contribution >= 4 is 28.5 Å². The molecule has 0 atom stereocenters. The Balaban J connectivity index is 1.75. The van der Waals surface area contributed by atoms with E-state index in [-0.39, 0.29) is 11.7 Å². The fourth-order valence-corrected chi connectivity index (χ4v) is 3.19. The van der Waals surface area contributed by atoms with E-state index in [1.54, 1.807) is 37.5 Å². The first-order chi connectivity index (χ1) is 15.2. The van der Waals surface area contributed by atoms with Crippen LogP contribution in [0.2, 0.25) is 0 Å². The van der Waals surface area contributed by atoms with Crippen LogP contribution >= 0.6 is 0 Å². The van der Waals surface area contributed by atoms with Crippen LogP contribution in [0.3, 0.4) is 0 Å². The monoisotopic (exact) mass is 413 g/mol. The summed E-state index contributed by atoms with van der Waals surface area (Å²) in [7, 11) is 1.61. The molecule has 0 fully saturated rings. The second kappa shape index (κ2) is 9.30. The largest absolute Gasteiger partial charge is 0.497 e. The molecule has 0 saturated heterocycles. The number of hydrogen-bond donors (Lipinski definition) is 0. The molecule has 0 saturated carbocycles. The van der Waals surface area contributed by atoms with Crippen molar-refractivity contribution in [1.82, 2.24) is 4.98 Å². The van der Waals surface area contributed by atoms with E-state index in [1.165, 1.54) is 0 Å². The molecule has 0 N–H and O–H groups in total. The predicted octanol–water partition coefficient (Wildman–Crippen LogP) is 6.05. The molecule has 4 rings (SSSR count). The fourth-order valence-electron chi connectivity index (χ4n) is 3.19. The molecule has 3 aromatic carbocycles. The number of ketones is 1. The Bertz CT molecular complexity index is 1190. The average Bonchev–Trinajstić information content (AvgIpc) is 3.25. The van der Waals surface area contributed by atoms with Gasteiger partial charge >= 0.3 is 0 Å². The maximum absolute atomic E-state index is 13.5. The highest BCUT2D eigenvalue weighted by Crippen LogP contribution is 2.27. The summed E-state index contributed by atoms with van der Waals surface area (Å²) in [4.78, 5) is 18.0. The van der Waals surface area contributed by atoms with E-state index in [0.717, 1.165) is 17.7 Å². The highest BCUT2D eigenvalue weighted by atomic mass is 16.5. The average molecular weight is 413 g/mol. The Morgan fingerprint density at radius 3 is 2.55 bits per heavy atom. The molecule has 0 spiro atoms. The van der Waals surface area contributed by atoms with Crippen LogP contribution < -0.4 is 9.47 Å². The second-order valence-electron chi connectivity index (χ2n) is 7.02. The van der Waals surface area contributed by atoms with Gasteiger partial charge < -0.3 is 13.9 Å². The minimum Gasteiger partial charge on any atom is -0.497 e. The summed E-state index contributed by atoms with van der Waals surface area (Å²) in [5, 5.41) is 0. The van der Waals surface area contributed by atoms with Crippen molar-refractivity contribution in [3.05, 3.63) is 89.8 Å². The molecule has 0 bridgehead atoms. The van der Waals surface area contributed by atoms with Crippen LogP contribution in [0, 0.1) is 0 Å². The van der Waals surface area contributed by atoms with Crippen LogP contribution in [0.4, 0.5) is 0 Å². The third kappa shape index (κ3) is 4.67. The van der Waals surface area contributed by atoms with E-state index < -0.39 is 0 Å². The molecular weight excluding hydrogens is 390 g/mol. The summed E-state index contributed by atoms with van der Waals surface area (Å²) in [5.74, 6) is 1.53. The van der Waals surface area contributed by atoms with Crippen LogP contribution in [0.5, 0.6) is 11.5 Å². The van der Waals surface area contributed by atoms with Crippen LogP contribution in [-0.4, -0.2) is 24.5 Å². The van der Waals surface area contributed by atoms with Gasteiger partial charge in [0.2, 0.25) is 5.89 Å². The van der Waals surface area contributed by atoms with E-state index in [4.69, 9.17) is 13.9 Å². The van der Waals surface area contributed by atoms with E-state index in [1.807, 2.05) is 55.5 Å². The van der Waals surface area contributed by atoms with Crippen molar-refractivity contribution in [2.45, 2.75) is 13.3 Å². The van der Waals surface area contributed by atoms with Gasteiger partial charge in [-0.25, -0.2) is 4.98 Å². The Labute approximate surface area is 180 Å². The van der Waals surface area contributed by atoms with Crippen molar-refractivity contribution < 1.29 is 18.7 Å². The van der Waals surface area contributed by atoms with Gasteiger partial charge in [0.05, 0.1) is 19.3 Å². The highest BCUT2D eigenvalue weighted by Gasteiger charge is 2.20. The molecule has 0 unspecified atom stereocenters. The fraction of sp³-hybridized carbons (Fsp3) is 0.154. The molecule has 0 aliphatic rings. The molecule has 0 aliphatic heterocycles. The summed E-state index contributed by atoms with van der Waals surface area (Å²) in [6, 6.07) is 22.1. The Kier molecular flexibility index (Phi) is 6.13. The van der Waals surface area contributed by atoms with Crippen molar-refractivity contribution in [3.63, 3.8) is 0 Å². The number of Topliss-reactive ketones (excluding diaryl/α,β-unsaturated/α-hetero) is 1. The molecule has 31 heavy (non-hydrogen) atoms. The smallest absolute Gasteiger partial charge is 0.231 e. The molecular formula is C26H23NO4. The first-order valence-corrected chi connectivity index (χ1v) is 10.2. The van der Waals surface area contributed by atoms with Gasteiger partial charge in [-0.05, 0) is 66.6 Å². The van der Waals surface area contributed by atoms with Crippen LogP contribution in [0.15, 0.2) is 77.2 Å². The topological polar surface area (TPSA) is 61.6 Å². The summed E-state index contributed by atoms with van der Waals surface area (Å²) >= 11 is 0. The number of carbonyl (C=O) groups excluding carboxylic acids is 1. The van der Waals surface area contributed by atoms with Crippen LogP contribution in [-0.2, 0) is 0 Å². The molecule has 156 valence electrons. The van der Waals surface area contributed by atoms with E-state index in [2.05, 4.69) is 4.98 Å². The van der Waals surface area contributed by atoms with Gasteiger partial charge in [-0.2, -0.15) is 0 Å². The van der Waals surface area contributed by atoms with Gasteiger partial charge in [-0.3, -0.25) is 4.79 Å². The van der Waals surface area contributed by atoms with Gasteiger partial charge in [0.1, 0.15) is 17.0 Å². The zero-order valence-corrected chi connectivity index (χ0v) is 17.5. The molecule has 0 aliphatic carbocycles. The summed E-state index contributed by atoms with van der Waals surface area (Å²) in [6.45, 7) is 2.69. The third-order valence-corrected chi connectivity index (χ3v) is 4.76. The number of ether oxygens (including phenoxy) is 2. The van der Waals surface area contributed by atoms with Gasteiger partial charge in [0.15, 0.2) is 11.4 Å². The van der Waals surface area contributed by atoms with Gasteiger partial charge in [-0.15, -0.1) is 0 Å². The summed E-state index contributed by atoms with van der Waals surface area (Å²) in [5.41, 5.74) is 3.04. The molecule has 5 nitrogen and oxygen atoms in total. The first kappa shape index (κ1) is 20.4. The van der Waals surface area contributed by atoms with E-state index in [0.29, 0.717) is 34.6 Å². The summed E-state index contributed by atoms with van der Waals surface area (Å²) < 4.78 is 16.9. The van der Waals surface area contributed by atoms with E-state index in [9.17, 15) is 4.79 Å². The number of nitrogens with zero attached hydrogens (tertiary/aromatic N) is 1. The Hall–Kier alpha value is -3.86. The maximum atomic E-state index is 13.5. The van der Waals surface area contributed by atoms with Crippen molar-refractivity contribution in [1.29, 1.82) is 0 Å². The molecule has 4 aromatic rings. The van der Waals surface area contributed by atoms with Crippen molar-refractivity contribution in [3.8, 4) is 11.5 Å². The number of para-hydroxylation sites is 2. The number of fused-ring (bicyclic) bond motifs is 1. The minimum absolute atomic E-state index is 0.184. The Morgan fingerprint density at radius 1 is 1.00 bits per heavy atom. The molecule has 1 aromatic heterocycles. The quantitative estimate of drug-likeness (QED) is 0.260. The second-order valence-corrected chi connectivity index (χ2v) is 7.02. The lowest BCUT2D eigenvalue weighted by Crippen LogP contribution is -2.04. The zero-order valence-electron chi connectivity index (χ0n) is 17.5. The number of rotatable bonds is 8. The molecule has 1 heterocycles. The Morgan fingerprint density at radius 2 is 1.81 bits per heavy atom. The van der Waals surface area contributed by atoms with Gasteiger partial charge in [-0.1, -0.05) is 31.2 Å². The zero-order chi connectivity index (χ0) is 21.6. The lowest BCUT2D eigenvalue weighted by molar-refractivity contribution is 0.105. The number of oxazole rings is 1. The third-order valence-electron chi connectivity index (χ3n) is 4.76. The summed E-state index contributed by atoms with van der Waals surface area (Å²) in [6.07, 6.45) is 2.70. The number of methoxy groups -OCH3 is 1. The molecule has 0 radical (unpaired) electrons. The SMILES string of the molecule is CCCOc1ccc(C(=O)C(=Cc2cccc(OC)c2)c2nc3ccccc3o2)cc1. The predicted molar refractivity (Wildman–Crippen MR) is 121 cm³/mol. The first-order valence-electron chi connectivity index (χ1n) is 10.2. The highest BCUT2D eigenvalue weighted by molar-refractivity contribution is 6.31.